The molecule has 0 radical (unpaired) electrons. The zero-order valence-corrected chi connectivity index (χ0v) is 16.0. The fourth-order valence-electron chi connectivity index (χ4n) is 2.36. The highest BCUT2D eigenvalue weighted by molar-refractivity contribution is 7.90. The number of benzene rings is 2. The molecule has 0 bridgehead atoms. The number of likely N-dealkylation sites (N-methyl/N-ethyl adjacent to an activating group) is 1. The molecule has 0 spiro atoms. The molecule has 0 heterocycles. The third-order valence-corrected chi connectivity index (χ3v) is 4.88. The minimum Gasteiger partial charge on any atom is -0.493 e. The summed E-state index contributed by atoms with van der Waals surface area (Å²) < 4.78 is 33.4. The van der Waals surface area contributed by atoms with Crippen LogP contribution in [-0.4, -0.2) is 48.4 Å². The van der Waals surface area contributed by atoms with Crippen molar-refractivity contribution in [3.63, 3.8) is 0 Å². The summed E-state index contributed by atoms with van der Waals surface area (Å²) in [5.41, 5.74) is 1.33. The first kappa shape index (κ1) is 19.6. The van der Waals surface area contributed by atoms with Gasteiger partial charge in [-0.05, 0) is 36.4 Å². The molecule has 7 nitrogen and oxygen atoms in total. The monoisotopic (exact) mass is 378 g/mol. The van der Waals surface area contributed by atoms with Gasteiger partial charge in [-0.2, -0.15) is 0 Å². The zero-order chi connectivity index (χ0) is 19.3. The van der Waals surface area contributed by atoms with Gasteiger partial charge in [0.15, 0.2) is 21.3 Å². The van der Waals surface area contributed by atoms with E-state index in [1.165, 1.54) is 12.1 Å². The fraction of sp³-hybridized carbons (Fsp3) is 0.278. The van der Waals surface area contributed by atoms with E-state index in [0.29, 0.717) is 17.2 Å². The second-order valence-electron chi connectivity index (χ2n) is 5.74. The van der Waals surface area contributed by atoms with Gasteiger partial charge in [0, 0.05) is 30.7 Å². The maximum Gasteiger partial charge on any atom is 0.243 e. The van der Waals surface area contributed by atoms with Crippen LogP contribution in [0.5, 0.6) is 11.5 Å². The number of anilines is 2. The highest BCUT2D eigenvalue weighted by Gasteiger charge is 2.12. The SMILES string of the molecule is COc1ccc(N(C)CC(=O)Nc2ccc(S(C)(=O)=O)cc2)cc1OC. The Bertz CT molecular complexity index is 879. The number of nitrogens with one attached hydrogen (secondary N) is 1. The van der Waals surface area contributed by atoms with Gasteiger partial charge in [0.2, 0.25) is 5.91 Å². The van der Waals surface area contributed by atoms with Gasteiger partial charge in [0.1, 0.15) is 0 Å². The maximum atomic E-state index is 12.2. The largest absolute Gasteiger partial charge is 0.493 e. The number of sulfone groups is 1. The van der Waals surface area contributed by atoms with E-state index in [4.69, 9.17) is 9.47 Å². The molecule has 0 aliphatic carbocycles. The van der Waals surface area contributed by atoms with E-state index in [1.807, 2.05) is 6.07 Å². The molecule has 2 aromatic carbocycles. The van der Waals surface area contributed by atoms with Crippen molar-refractivity contribution in [2.45, 2.75) is 4.90 Å². The predicted octanol–water partition coefficient (Wildman–Crippen LogP) is 2.18. The lowest BCUT2D eigenvalue weighted by Crippen LogP contribution is -2.30. The number of methoxy groups -OCH3 is 2. The van der Waals surface area contributed by atoms with Crippen LogP contribution in [0.4, 0.5) is 11.4 Å². The van der Waals surface area contributed by atoms with Gasteiger partial charge in [-0.1, -0.05) is 0 Å². The summed E-state index contributed by atoms with van der Waals surface area (Å²) in [4.78, 5) is 14.2. The van der Waals surface area contributed by atoms with E-state index in [1.54, 1.807) is 50.4 Å². The van der Waals surface area contributed by atoms with Crippen LogP contribution >= 0.6 is 0 Å². The summed E-state index contributed by atoms with van der Waals surface area (Å²) in [6, 6.07) is 11.4. The summed E-state index contributed by atoms with van der Waals surface area (Å²) in [7, 11) is 1.64. The van der Waals surface area contributed by atoms with Gasteiger partial charge in [-0.3, -0.25) is 4.79 Å². The average Bonchev–Trinajstić information content (AvgIpc) is 2.60. The number of ether oxygens (including phenoxy) is 2. The number of nitrogens with zero attached hydrogens (tertiary/aromatic N) is 1. The summed E-state index contributed by atoms with van der Waals surface area (Å²) in [6.45, 7) is 0.114. The second-order valence-corrected chi connectivity index (χ2v) is 7.76. The Labute approximate surface area is 153 Å². The molecule has 0 unspecified atom stereocenters. The predicted molar refractivity (Wildman–Crippen MR) is 101 cm³/mol. The van der Waals surface area contributed by atoms with E-state index in [2.05, 4.69) is 5.32 Å². The van der Waals surface area contributed by atoms with Crippen molar-refractivity contribution < 1.29 is 22.7 Å². The Kier molecular flexibility index (Phi) is 6.10. The number of hydrogen-bond acceptors (Lipinski definition) is 6. The van der Waals surface area contributed by atoms with Crippen molar-refractivity contribution in [2.75, 3.05) is 44.3 Å². The first-order valence-corrected chi connectivity index (χ1v) is 9.67. The third-order valence-electron chi connectivity index (χ3n) is 3.75. The van der Waals surface area contributed by atoms with Crippen LogP contribution in [0, 0.1) is 0 Å². The molecule has 1 N–H and O–H groups in total. The van der Waals surface area contributed by atoms with Crippen LogP contribution in [0.3, 0.4) is 0 Å². The van der Waals surface area contributed by atoms with E-state index >= 15 is 0 Å². The lowest BCUT2D eigenvalue weighted by molar-refractivity contribution is -0.114. The quantitative estimate of drug-likeness (QED) is 0.795. The highest BCUT2D eigenvalue weighted by atomic mass is 32.2. The van der Waals surface area contributed by atoms with E-state index in [-0.39, 0.29) is 17.3 Å². The molecular formula is C18H22N2O5S. The van der Waals surface area contributed by atoms with E-state index in [0.717, 1.165) is 11.9 Å². The van der Waals surface area contributed by atoms with Gasteiger partial charge in [-0.15, -0.1) is 0 Å². The molecule has 0 saturated heterocycles. The van der Waals surface area contributed by atoms with Crippen molar-refractivity contribution in [1.82, 2.24) is 0 Å². The third kappa shape index (κ3) is 4.89. The van der Waals surface area contributed by atoms with Gasteiger partial charge >= 0.3 is 0 Å². The Morgan fingerprint density at radius 2 is 1.65 bits per heavy atom. The summed E-state index contributed by atoms with van der Waals surface area (Å²) in [5.74, 6) is 0.961. The van der Waals surface area contributed by atoms with Crippen molar-refractivity contribution in [3.05, 3.63) is 42.5 Å². The number of rotatable bonds is 7. The molecule has 0 atom stereocenters. The Morgan fingerprint density at radius 1 is 1.04 bits per heavy atom. The summed E-state index contributed by atoms with van der Waals surface area (Å²) in [5, 5.41) is 2.74. The van der Waals surface area contributed by atoms with Gasteiger partial charge in [-0.25, -0.2) is 8.42 Å². The second kappa shape index (κ2) is 8.09. The number of hydrogen-bond donors (Lipinski definition) is 1. The smallest absolute Gasteiger partial charge is 0.243 e. The molecule has 8 heteroatoms. The molecule has 1 amide bonds. The minimum atomic E-state index is -3.26. The van der Waals surface area contributed by atoms with Crippen molar-refractivity contribution in [3.8, 4) is 11.5 Å². The first-order chi connectivity index (χ1) is 12.2. The maximum absolute atomic E-state index is 12.2. The molecule has 26 heavy (non-hydrogen) atoms. The standard InChI is InChI=1S/C18H22N2O5S/c1-20(14-7-10-16(24-2)17(11-14)25-3)12-18(21)19-13-5-8-15(9-6-13)26(4,22)23/h5-11H,12H2,1-4H3,(H,19,21). The van der Waals surface area contributed by atoms with Crippen LogP contribution in [0.2, 0.25) is 0 Å². The fourth-order valence-corrected chi connectivity index (χ4v) is 2.99. The minimum absolute atomic E-state index is 0.114. The average molecular weight is 378 g/mol. The molecule has 140 valence electrons. The van der Waals surface area contributed by atoms with Crippen LogP contribution < -0.4 is 19.7 Å². The van der Waals surface area contributed by atoms with Gasteiger partial charge < -0.3 is 19.7 Å². The Hall–Kier alpha value is -2.74. The first-order valence-electron chi connectivity index (χ1n) is 7.77. The van der Waals surface area contributed by atoms with E-state index in [9.17, 15) is 13.2 Å². The lowest BCUT2D eigenvalue weighted by Gasteiger charge is -2.20. The van der Waals surface area contributed by atoms with Crippen molar-refractivity contribution >= 4 is 27.1 Å². The summed E-state index contributed by atoms with van der Waals surface area (Å²) in [6.07, 6.45) is 1.14. The topological polar surface area (TPSA) is 84.9 Å². The van der Waals surface area contributed by atoms with Crippen molar-refractivity contribution in [1.29, 1.82) is 0 Å². The molecule has 2 rings (SSSR count). The van der Waals surface area contributed by atoms with Gasteiger partial charge in [0.25, 0.3) is 0 Å². The molecule has 0 aliphatic heterocycles. The number of carbonyl (C=O) groups excluding carboxylic acids is 1. The van der Waals surface area contributed by atoms with Crippen LogP contribution in [-0.2, 0) is 14.6 Å². The zero-order valence-electron chi connectivity index (χ0n) is 15.1. The number of amides is 1. The highest BCUT2D eigenvalue weighted by Crippen LogP contribution is 2.31. The molecule has 0 aromatic heterocycles. The molecule has 2 aromatic rings. The number of carbonyl (C=O) groups is 1. The molecule has 0 saturated carbocycles. The van der Waals surface area contributed by atoms with Crippen LogP contribution in [0.25, 0.3) is 0 Å². The Morgan fingerprint density at radius 3 is 2.19 bits per heavy atom. The summed E-state index contributed by atoms with van der Waals surface area (Å²) >= 11 is 0. The van der Waals surface area contributed by atoms with Crippen molar-refractivity contribution in [2.24, 2.45) is 0 Å². The Balaban J connectivity index is 2.03. The molecular weight excluding hydrogens is 356 g/mol. The van der Waals surface area contributed by atoms with Crippen LogP contribution in [0.1, 0.15) is 0 Å². The van der Waals surface area contributed by atoms with Gasteiger partial charge in [0.05, 0.1) is 25.7 Å². The normalized spacial score (nSPS) is 10.9. The molecule has 0 fully saturated rings. The van der Waals surface area contributed by atoms with E-state index < -0.39 is 9.84 Å². The lowest BCUT2D eigenvalue weighted by atomic mass is 10.2. The molecule has 0 aliphatic rings. The van der Waals surface area contributed by atoms with Crippen LogP contribution in [0.15, 0.2) is 47.4 Å².